The number of carboxylic acid groups (broad SMARTS) is 1. The average Bonchev–Trinajstić information content (AvgIpc) is 3.04. The summed E-state index contributed by atoms with van der Waals surface area (Å²) >= 11 is 0. The number of ether oxygens (including phenoxy) is 4. The maximum atomic E-state index is 13.8. The van der Waals surface area contributed by atoms with Gasteiger partial charge in [-0.3, -0.25) is 4.90 Å². The van der Waals surface area contributed by atoms with Crippen molar-refractivity contribution in [3.63, 3.8) is 0 Å². The zero-order chi connectivity index (χ0) is 37.0. The summed E-state index contributed by atoms with van der Waals surface area (Å²) in [7, 11) is 1.31. The van der Waals surface area contributed by atoms with Crippen LogP contribution >= 0.6 is 0 Å². The lowest BCUT2D eigenvalue weighted by Crippen LogP contribution is -2.61. The van der Waals surface area contributed by atoms with Crippen LogP contribution in [0, 0.1) is 0 Å². The van der Waals surface area contributed by atoms with E-state index in [0.717, 1.165) is 4.90 Å². The van der Waals surface area contributed by atoms with Crippen molar-refractivity contribution in [2.45, 2.75) is 63.5 Å². The van der Waals surface area contributed by atoms with Gasteiger partial charge in [0.15, 0.2) is 0 Å². The molecule has 4 N–H and O–H groups in total. The molecule has 0 fully saturated rings. The topological polar surface area (TPSA) is 179 Å². The van der Waals surface area contributed by atoms with E-state index in [1.807, 2.05) is 0 Å². The van der Waals surface area contributed by atoms with E-state index >= 15 is 0 Å². The minimum Gasteiger partial charge on any atom is -0.486 e. The number of pyridine rings is 1. The fraction of sp³-hybridized carbons (Fsp3) is 0.452. The Morgan fingerprint density at radius 3 is 2.24 bits per heavy atom. The van der Waals surface area contributed by atoms with E-state index < -0.39 is 70.9 Å². The number of anilines is 1. The Morgan fingerprint density at radius 2 is 1.70 bits per heavy atom. The summed E-state index contributed by atoms with van der Waals surface area (Å²) in [5, 5.41) is 19.5. The molecule has 0 unspecified atom stereocenters. The zero-order valence-corrected chi connectivity index (χ0v) is 26.9. The van der Waals surface area contributed by atoms with E-state index in [0.29, 0.717) is 12.1 Å². The van der Waals surface area contributed by atoms with Gasteiger partial charge in [0.25, 0.3) is 5.88 Å². The van der Waals surface area contributed by atoms with E-state index in [2.05, 4.69) is 15.0 Å². The number of carbonyl (C=O) groups is 2. The second-order valence-electron chi connectivity index (χ2n) is 11.1. The van der Waals surface area contributed by atoms with Crippen molar-refractivity contribution in [2.75, 3.05) is 31.8 Å². The summed E-state index contributed by atoms with van der Waals surface area (Å²) in [5.74, 6) is -2.34. The molecular formula is C31H33F6N5O8. The van der Waals surface area contributed by atoms with Crippen molar-refractivity contribution >= 4 is 17.9 Å². The SMILES string of the molecule is CCOC(=O)Oc1nc([C@H]2C[C@@](N)(CC)N(C(=O)O)c3ccc(OC)nc32)nc(Cc2cc(C(F)(F)F)cc(C(F)(F)F)c2)c1OCCCO. The molecule has 1 aliphatic heterocycles. The lowest BCUT2D eigenvalue weighted by Gasteiger charge is -2.45. The number of aliphatic hydroxyl groups excluding tert-OH is 1. The molecule has 4 rings (SSSR count). The number of nitrogens with zero attached hydrogens (tertiary/aromatic N) is 4. The monoisotopic (exact) mass is 717 g/mol. The van der Waals surface area contributed by atoms with Crippen LogP contribution in [0.3, 0.4) is 0 Å². The van der Waals surface area contributed by atoms with Crippen LogP contribution in [0.2, 0.25) is 0 Å². The van der Waals surface area contributed by atoms with Gasteiger partial charge in [0.05, 0.1) is 54.4 Å². The van der Waals surface area contributed by atoms with E-state index in [-0.39, 0.29) is 73.9 Å². The molecule has 3 heterocycles. The molecule has 13 nitrogen and oxygen atoms in total. The summed E-state index contributed by atoms with van der Waals surface area (Å²) in [5.41, 5.74) is 1.13. The molecular weight excluding hydrogens is 684 g/mol. The van der Waals surface area contributed by atoms with Crippen LogP contribution < -0.4 is 24.8 Å². The quantitative estimate of drug-likeness (QED) is 0.122. The third-order valence-electron chi connectivity index (χ3n) is 7.71. The van der Waals surface area contributed by atoms with Gasteiger partial charge in [-0.1, -0.05) is 6.92 Å². The predicted octanol–water partition coefficient (Wildman–Crippen LogP) is 5.89. The second-order valence-corrected chi connectivity index (χ2v) is 11.1. The number of aliphatic hydroxyl groups is 1. The van der Waals surface area contributed by atoms with Crippen molar-refractivity contribution in [1.29, 1.82) is 0 Å². The van der Waals surface area contributed by atoms with E-state index in [4.69, 9.17) is 24.7 Å². The first kappa shape index (κ1) is 37.9. The zero-order valence-electron chi connectivity index (χ0n) is 26.9. The molecule has 0 saturated heterocycles. The van der Waals surface area contributed by atoms with Gasteiger partial charge in [-0.15, -0.1) is 0 Å². The van der Waals surface area contributed by atoms with Crippen LogP contribution in [0.5, 0.6) is 17.5 Å². The van der Waals surface area contributed by atoms with E-state index in [1.165, 1.54) is 26.2 Å². The minimum absolute atomic E-state index is 0.0126. The molecule has 50 heavy (non-hydrogen) atoms. The van der Waals surface area contributed by atoms with Crippen LogP contribution in [0.15, 0.2) is 30.3 Å². The molecule has 272 valence electrons. The third-order valence-corrected chi connectivity index (χ3v) is 7.71. The minimum atomic E-state index is -5.15. The summed E-state index contributed by atoms with van der Waals surface area (Å²) in [6, 6.07) is 3.77. The van der Waals surface area contributed by atoms with Gasteiger partial charge in [-0.05, 0) is 49.6 Å². The maximum absolute atomic E-state index is 13.8. The molecule has 19 heteroatoms. The fourth-order valence-corrected chi connectivity index (χ4v) is 5.36. The highest BCUT2D eigenvalue weighted by atomic mass is 19.4. The molecule has 0 bridgehead atoms. The summed E-state index contributed by atoms with van der Waals surface area (Å²) in [6.07, 6.45) is -13.9. The van der Waals surface area contributed by atoms with Gasteiger partial charge < -0.3 is 34.9 Å². The smallest absolute Gasteiger partial charge is 0.486 e. The first-order chi connectivity index (χ1) is 23.4. The summed E-state index contributed by atoms with van der Waals surface area (Å²) in [4.78, 5) is 39.2. The fourth-order valence-electron chi connectivity index (χ4n) is 5.36. The van der Waals surface area contributed by atoms with Crippen LogP contribution in [0.25, 0.3) is 0 Å². The standard InChI is InChI=1S/C31H33F6N5O8/c1-4-29(38)15-19(23-21(42(29)27(44)45)7-8-22(40-23)47-3)25-39-20(24(49-10-6-9-43)26(41-25)50-28(46)48-5-2)13-16-11-17(30(32,33)34)14-18(12-16)31(35,36)37/h7-8,11-12,14,19,43H,4-6,9-10,13,15,38H2,1-3H3,(H,44,45)/t19-,29+/m0/s1. The van der Waals surface area contributed by atoms with Crippen molar-refractivity contribution in [2.24, 2.45) is 5.73 Å². The Kier molecular flexibility index (Phi) is 11.3. The van der Waals surface area contributed by atoms with Gasteiger partial charge in [0.1, 0.15) is 11.5 Å². The number of alkyl halides is 6. The first-order valence-corrected chi connectivity index (χ1v) is 15.1. The molecule has 1 amide bonds. The highest BCUT2D eigenvalue weighted by Crippen LogP contribution is 2.46. The van der Waals surface area contributed by atoms with Crippen LogP contribution in [-0.2, 0) is 23.5 Å². The Bertz CT molecular complexity index is 1690. The lowest BCUT2D eigenvalue weighted by atomic mass is 9.83. The molecule has 2 atom stereocenters. The Hall–Kier alpha value is -4.91. The molecule has 1 aromatic carbocycles. The number of hydrogen-bond donors (Lipinski definition) is 3. The summed E-state index contributed by atoms with van der Waals surface area (Å²) < 4.78 is 104. The van der Waals surface area contributed by atoms with E-state index in [9.17, 15) is 46.1 Å². The maximum Gasteiger partial charge on any atom is 0.515 e. The number of carbonyl (C=O) groups excluding carboxylic acids is 1. The molecule has 0 aliphatic carbocycles. The Morgan fingerprint density at radius 1 is 1.04 bits per heavy atom. The Balaban J connectivity index is 2.02. The number of fused-ring (bicyclic) bond motifs is 1. The number of halogens is 6. The van der Waals surface area contributed by atoms with Gasteiger partial charge in [-0.2, -0.15) is 31.3 Å². The second kappa shape index (κ2) is 14.9. The van der Waals surface area contributed by atoms with Gasteiger partial charge in [-0.25, -0.2) is 19.6 Å². The molecule has 0 radical (unpaired) electrons. The highest BCUT2D eigenvalue weighted by Gasteiger charge is 2.47. The van der Waals surface area contributed by atoms with Crippen LogP contribution in [0.4, 0.5) is 41.6 Å². The average molecular weight is 718 g/mol. The number of methoxy groups -OCH3 is 1. The molecule has 0 saturated carbocycles. The summed E-state index contributed by atoms with van der Waals surface area (Å²) in [6.45, 7) is 2.32. The highest BCUT2D eigenvalue weighted by molar-refractivity contribution is 5.89. The number of hydrogen-bond acceptors (Lipinski definition) is 11. The number of nitrogens with two attached hydrogens (primary N) is 1. The molecule has 0 spiro atoms. The third kappa shape index (κ3) is 8.27. The number of aromatic nitrogens is 3. The molecule has 2 aromatic heterocycles. The predicted molar refractivity (Wildman–Crippen MR) is 161 cm³/mol. The first-order valence-electron chi connectivity index (χ1n) is 15.1. The van der Waals surface area contributed by atoms with Crippen molar-refractivity contribution < 1.29 is 65.1 Å². The van der Waals surface area contributed by atoms with Gasteiger partial charge in [0.2, 0.25) is 11.6 Å². The van der Waals surface area contributed by atoms with Gasteiger partial charge >= 0.3 is 24.6 Å². The van der Waals surface area contributed by atoms with Crippen LogP contribution in [0.1, 0.15) is 72.9 Å². The number of rotatable bonds is 11. The Labute approximate surface area is 280 Å². The number of amides is 1. The normalized spacial score (nSPS) is 17.6. The lowest BCUT2D eigenvalue weighted by molar-refractivity contribution is -0.143. The van der Waals surface area contributed by atoms with Crippen LogP contribution in [-0.4, -0.2) is 70.0 Å². The molecule has 1 aliphatic rings. The molecule has 3 aromatic rings. The van der Waals surface area contributed by atoms with Crippen molar-refractivity contribution in [3.05, 3.63) is 64.2 Å². The van der Waals surface area contributed by atoms with Crippen molar-refractivity contribution in [3.8, 4) is 17.5 Å². The number of benzene rings is 1. The van der Waals surface area contributed by atoms with E-state index in [1.54, 1.807) is 6.92 Å². The largest absolute Gasteiger partial charge is 0.515 e. The van der Waals surface area contributed by atoms with Gasteiger partial charge in [0, 0.05) is 25.5 Å². The van der Waals surface area contributed by atoms with Crippen molar-refractivity contribution in [1.82, 2.24) is 15.0 Å².